The van der Waals surface area contributed by atoms with Crippen molar-refractivity contribution >= 4 is 0 Å². The van der Waals surface area contributed by atoms with Crippen molar-refractivity contribution in [3.8, 4) is 0 Å². The zero-order chi connectivity index (χ0) is 13.2. The van der Waals surface area contributed by atoms with Crippen LogP contribution in [0.3, 0.4) is 0 Å². The first kappa shape index (κ1) is 15.4. The molecule has 2 heteroatoms. The van der Waals surface area contributed by atoms with Crippen molar-refractivity contribution in [2.75, 3.05) is 13.1 Å². The normalized spacial score (nSPS) is 18.9. The van der Waals surface area contributed by atoms with Gasteiger partial charge in [-0.05, 0) is 26.2 Å². The molecule has 1 unspecified atom stereocenters. The summed E-state index contributed by atoms with van der Waals surface area (Å²) in [6.45, 7) is 9.20. The molecule has 106 valence electrons. The first-order valence-electron chi connectivity index (χ1n) is 8.03. The number of hydrogen-bond donors (Lipinski definition) is 0. The highest BCUT2D eigenvalue weighted by Crippen LogP contribution is 2.21. The predicted molar refractivity (Wildman–Crippen MR) is 80.3 cm³/mol. The van der Waals surface area contributed by atoms with E-state index in [-0.39, 0.29) is 0 Å². The SMILES string of the molecule is CCCCCCC1N(CC)C=CN1CCCCC. The summed E-state index contributed by atoms with van der Waals surface area (Å²) in [6.07, 6.45) is 16.1. The average Bonchev–Trinajstić information content (AvgIpc) is 2.77. The molecule has 0 aromatic heterocycles. The van der Waals surface area contributed by atoms with Crippen LogP contribution in [0.1, 0.15) is 72.1 Å². The molecule has 0 aromatic rings. The Bertz CT molecular complexity index is 225. The topological polar surface area (TPSA) is 6.48 Å². The highest BCUT2D eigenvalue weighted by atomic mass is 15.4. The summed E-state index contributed by atoms with van der Waals surface area (Å²) >= 11 is 0. The molecule has 1 rings (SSSR count). The summed E-state index contributed by atoms with van der Waals surface area (Å²) < 4.78 is 0. The summed E-state index contributed by atoms with van der Waals surface area (Å²) in [5, 5.41) is 0. The molecule has 0 aliphatic carbocycles. The summed E-state index contributed by atoms with van der Waals surface area (Å²) in [6, 6.07) is 0. The van der Waals surface area contributed by atoms with Gasteiger partial charge in [-0.2, -0.15) is 0 Å². The van der Waals surface area contributed by atoms with Crippen LogP contribution in [0.2, 0.25) is 0 Å². The Morgan fingerprint density at radius 2 is 1.44 bits per heavy atom. The molecule has 0 N–H and O–H groups in total. The van der Waals surface area contributed by atoms with Crippen molar-refractivity contribution in [2.45, 2.75) is 78.3 Å². The van der Waals surface area contributed by atoms with Gasteiger partial charge >= 0.3 is 0 Å². The maximum Gasteiger partial charge on any atom is 0.101 e. The van der Waals surface area contributed by atoms with Crippen molar-refractivity contribution in [1.82, 2.24) is 9.80 Å². The molecular formula is C16H32N2. The van der Waals surface area contributed by atoms with Crippen LogP contribution >= 0.6 is 0 Å². The Morgan fingerprint density at radius 3 is 2.11 bits per heavy atom. The number of nitrogens with zero attached hydrogens (tertiary/aromatic N) is 2. The second-order valence-electron chi connectivity index (χ2n) is 5.40. The van der Waals surface area contributed by atoms with E-state index < -0.39 is 0 Å². The van der Waals surface area contributed by atoms with Crippen LogP contribution in [-0.4, -0.2) is 29.1 Å². The molecule has 0 fully saturated rings. The van der Waals surface area contributed by atoms with Gasteiger partial charge in [-0.25, -0.2) is 0 Å². The minimum absolute atomic E-state index is 0.642. The van der Waals surface area contributed by atoms with Gasteiger partial charge < -0.3 is 9.80 Å². The van der Waals surface area contributed by atoms with Gasteiger partial charge in [0, 0.05) is 25.5 Å². The van der Waals surface area contributed by atoms with Crippen LogP contribution in [0.25, 0.3) is 0 Å². The molecule has 18 heavy (non-hydrogen) atoms. The van der Waals surface area contributed by atoms with E-state index in [0.717, 1.165) is 6.54 Å². The molecule has 0 bridgehead atoms. The van der Waals surface area contributed by atoms with Crippen molar-refractivity contribution in [3.05, 3.63) is 12.4 Å². The lowest BCUT2D eigenvalue weighted by Crippen LogP contribution is -2.38. The minimum Gasteiger partial charge on any atom is -0.356 e. The standard InChI is InChI=1S/C16H32N2/c1-4-7-9-10-12-16-17(6-3)14-15-18(16)13-11-8-5-2/h14-16H,4-13H2,1-3H3. The molecule has 1 atom stereocenters. The van der Waals surface area contributed by atoms with E-state index in [1.54, 1.807) is 0 Å². The number of unbranched alkanes of at least 4 members (excludes halogenated alkanes) is 5. The van der Waals surface area contributed by atoms with Gasteiger partial charge in [-0.1, -0.05) is 46.0 Å². The Labute approximate surface area is 114 Å². The van der Waals surface area contributed by atoms with Crippen LogP contribution in [0.15, 0.2) is 12.4 Å². The van der Waals surface area contributed by atoms with Crippen LogP contribution < -0.4 is 0 Å². The smallest absolute Gasteiger partial charge is 0.101 e. The minimum atomic E-state index is 0.642. The second kappa shape index (κ2) is 9.29. The van der Waals surface area contributed by atoms with Crippen molar-refractivity contribution in [2.24, 2.45) is 0 Å². The quantitative estimate of drug-likeness (QED) is 0.525. The van der Waals surface area contributed by atoms with Crippen molar-refractivity contribution < 1.29 is 0 Å². The molecule has 0 saturated carbocycles. The molecule has 0 radical (unpaired) electrons. The molecule has 1 aliphatic rings. The van der Waals surface area contributed by atoms with Gasteiger partial charge in [0.2, 0.25) is 0 Å². The fourth-order valence-electron chi connectivity index (χ4n) is 2.73. The molecular weight excluding hydrogens is 220 g/mol. The summed E-state index contributed by atoms with van der Waals surface area (Å²) in [5.41, 5.74) is 0. The Hall–Kier alpha value is -0.660. The molecule has 1 heterocycles. The van der Waals surface area contributed by atoms with Crippen molar-refractivity contribution in [1.29, 1.82) is 0 Å². The fraction of sp³-hybridized carbons (Fsp3) is 0.875. The molecule has 1 aliphatic heterocycles. The third-order valence-corrected chi connectivity index (χ3v) is 3.92. The summed E-state index contributed by atoms with van der Waals surface area (Å²) in [5.74, 6) is 0. The zero-order valence-corrected chi connectivity index (χ0v) is 12.7. The van der Waals surface area contributed by atoms with E-state index in [1.807, 2.05) is 0 Å². The maximum absolute atomic E-state index is 2.56. The molecule has 0 saturated heterocycles. The van der Waals surface area contributed by atoms with Gasteiger partial charge in [0.15, 0.2) is 0 Å². The van der Waals surface area contributed by atoms with Crippen molar-refractivity contribution in [3.63, 3.8) is 0 Å². The summed E-state index contributed by atoms with van der Waals surface area (Å²) in [7, 11) is 0. The van der Waals surface area contributed by atoms with E-state index in [0.29, 0.717) is 6.17 Å². The van der Waals surface area contributed by atoms with Crippen LogP contribution in [0.4, 0.5) is 0 Å². The molecule has 2 nitrogen and oxygen atoms in total. The molecule has 0 amide bonds. The fourth-order valence-corrected chi connectivity index (χ4v) is 2.73. The number of rotatable bonds is 10. The van der Waals surface area contributed by atoms with Gasteiger partial charge in [-0.3, -0.25) is 0 Å². The van der Waals surface area contributed by atoms with E-state index >= 15 is 0 Å². The lowest BCUT2D eigenvalue weighted by Gasteiger charge is -2.32. The zero-order valence-electron chi connectivity index (χ0n) is 12.7. The van der Waals surface area contributed by atoms with E-state index in [4.69, 9.17) is 0 Å². The largest absolute Gasteiger partial charge is 0.356 e. The molecule has 0 aromatic carbocycles. The highest BCUT2D eigenvalue weighted by Gasteiger charge is 2.23. The van der Waals surface area contributed by atoms with Gasteiger partial charge in [0.05, 0.1) is 0 Å². The van der Waals surface area contributed by atoms with Crippen LogP contribution in [-0.2, 0) is 0 Å². The average molecular weight is 252 g/mol. The van der Waals surface area contributed by atoms with Gasteiger partial charge in [-0.15, -0.1) is 0 Å². The highest BCUT2D eigenvalue weighted by molar-refractivity contribution is 4.96. The Morgan fingerprint density at radius 1 is 0.778 bits per heavy atom. The van der Waals surface area contributed by atoms with E-state index in [9.17, 15) is 0 Å². The maximum atomic E-state index is 2.56. The summed E-state index contributed by atoms with van der Waals surface area (Å²) in [4.78, 5) is 5.06. The van der Waals surface area contributed by atoms with Gasteiger partial charge in [0.25, 0.3) is 0 Å². The molecule has 0 spiro atoms. The van der Waals surface area contributed by atoms with E-state index in [2.05, 4.69) is 43.0 Å². The third kappa shape index (κ3) is 4.91. The first-order valence-corrected chi connectivity index (χ1v) is 8.03. The first-order chi connectivity index (χ1) is 8.83. The second-order valence-corrected chi connectivity index (χ2v) is 5.40. The van der Waals surface area contributed by atoms with Crippen LogP contribution in [0, 0.1) is 0 Å². The lowest BCUT2D eigenvalue weighted by atomic mass is 10.1. The predicted octanol–water partition coefficient (Wildman–Crippen LogP) is 4.58. The third-order valence-electron chi connectivity index (χ3n) is 3.92. The van der Waals surface area contributed by atoms with Crippen LogP contribution in [0.5, 0.6) is 0 Å². The van der Waals surface area contributed by atoms with E-state index in [1.165, 1.54) is 57.9 Å². The van der Waals surface area contributed by atoms with Gasteiger partial charge in [0.1, 0.15) is 6.17 Å². The lowest BCUT2D eigenvalue weighted by molar-refractivity contribution is 0.142. The Balaban J connectivity index is 2.32. The monoisotopic (exact) mass is 252 g/mol. The Kier molecular flexibility index (Phi) is 7.95. The number of hydrogen-bond acceptors (Lipinski definition) is 2.